The number of benzene rings is 2. The molecule has 0 aromatic heterocycles. The number of anilines is 1. The molecule has 11 heteroatoms. The second kappa shape index (κ2) is 7.59. The molecule has 1 aliphatic rings. The lowest BCUT2D eigenvalue weighted by Gasteiger charge is -2.17. The van der Waals surface area contributed by atoms with Gasteiger partial charge in [-0.15, -0.1) is 0 Å². The number of azo groups is 1. The highest BCUT2D eigenvalue weighted by atomic mass is 35.5. The molecule has 146 valence electrons. The largest absolute Gasteiger partial charge is 0.296 e. The number of rotatable bonds is 4. The van der Waals surface area contributed by atoms with Crippen LogP contribution in [0.15, 0.2) is 56.6 Å². The van der Waals surface area contributed by atoms with E-state index in [0.29, 0.717) is 16.3 Å². The third-order valence-corrected chi connectivity index (χ3v) is 5.37. The van der Waals surface area contributed by atoms with Crippen LogP contribution in [0.2, 0.25) is 10.0 Å². The van der Waals surface area contributed by atoms with E-state index in [9.17, 15) is 17.8 Å². The first-order valence-electron chi connectivity index (χ1n) is 7.91. The van der Waals surface area contributed by atoms with Gasteiger partial charge in [0, 0.05) is 0 Å². The van der Waals surface area contributed by atoms with Crippen molar-refractivity contribution in [1.29, 1.82) is 0 Å². The molecule has 0 fully saturated rings. The quantitative estimate of drug-likeness (QED) is 0.559. The minimum absolute atomic E-state index is 0.0544. The molecule has 0 bridgehead atoms. The fraction of sp³-hybridized carbons (Fsp3) is 0.176. The number of hydrogen-bond donors (Lipinski definition) is 1. The molecule has 1 heterocycles. The van der Waals surface area contributed by atoms with E-state index < -0.39 is 27.0 Å². The molecule has 1 amide bonds. The molecule has 2 aromatic rings. The second-order valence-electron chi connectivity index (χ2n) is 6.03. The van der Waals surface area contributed by atoms with E-state index in [-0.39, 0.29) is 16.4 Å². The Morgan fingerprint density at radius 3 is 2.46 bits per heavy atom. The summed E-state index contributed by atoms with van der Waals surface area (Å²) in [5.74, 6) is -0.663. The predicted octanol–water partition coefficient (Wildman–Crippen LogP) is 4.42. The molecule has 1 aliphatic heterocycles. The van der Waals surface area contributed by atoms with Crippen molar-refractivity contribution in [3.63, 3.8) is 0 Å². The maximum atomic E-state index is 12.8. The molecule has 1 atom stereocenters. The molecule has 0 spiro atoms. The Morgan fingerprint density at radius 1 is 1.14 bits per heavy atom. The summed E-state index contributed by atoms with van der Waals surface area (Å²) in [7, 11) is -4.65. The fourth-order valence-electron chi connectivity index (χ4n) is 2.61. The van der Waals surface area contributed by atoms with Crippen molar-refractivity contribution >= 4 is 56.3 Å². The van der Waals surface area contributed by atoms with Gasteiger partial charge in [0.2, 0.25) is 0 Å². The standard InChI is InChI=1S/C17H14Cl2N4O4S/c1-9-7-12(19)16(14(8-9)28(25,26)27)23-17(24)15(10(2)22-23)21-20-13-6-4-3-5-11(13)18/h3-8,15H,1-2H3,(H,25,26,27). The number of aryl methyl sites for hydroxylation is 1. The third-order valence-electron chi connectivity index (χ3n) is 3.89. The molecule has 0 aliphatic carbocycles. The Bertz CT molecular complexity index is 1130. The number of carbonyl (C=O) groups is 1. The van der Waals surface area contributed by atoms with Gasteiger partial charge < -0.3 is 0 Å². The van der Waals surface area contributed by atoms with E-state index in [1.807, 2.05) is 0 Å². The van der Waals surface area contributed by atoms with Gasteiger partial charge in [0.1, 0.15) is 16.3 Å². The van der Waals surface area contributed by atoms with Crippen LogP contribution in [0.1, 0.15) is 12.5 Å². The summed E-state index contributed by atoms with van der Waals surface area (Å²) in [5, 5.41) is 13.2. The molecule has 0 radical (unpaired) electrons. The molecule has 28 heavy (non-hydrogen) atoms. The van der Waals surface area contributed by atoms with Crippen LogP contribution in [0.5, 0.6) is 0 Å². The molecule has 3 rings (SSSR count). The molecule has 0 saturated heterocycles. The van der Waals surface area contributed by atoms with Crippen LogP contribution < -0.4 is 5.01 Å². The molecule has 8 nitrogen and oxygen atoms in total. The van der Waals surface area contributed by atoms with Gasteiger partial charge in [0.15, 0.2) is 6.04 Å². The summed E-state index contributed by atoms with van der Waals surface area (Å²) in [6.07, 6.45) is 0. The van der Waals surface area contributed by atoms with E-state index in [0.717, 1.165) is 5.01 Å². The average Bonchev–Trinajstić information content (AvgIpc) is 2.87. The lowest BCUT2D eigenvalue weighted by atomic mass is 10.2. The zero-order valence-electron chi connectivity index (χ0n) is 14.7. The summed E-state index contributed by atoms with van der Waals surface area (Å²) in [6.45, 7) is 3.15. The zero-order valence-corrected chi connectivity index (χ0v) is 17.0. The van der Waals surface area contributed by atoms with Crippen LogP contribution in [0, 0.1) is 6.92 Å². The first kappa shape index (κ1) is 20.4. The maximum absolute atomic E-state index is 12.8. The smallest absolute Gasteiger partial charge is 0.282 e. The van der Waals surface area contributed by atoms with E-state index in [1.54, 1.807) is 38.1 Å². The minimum atomic E-state index is -4.65. The van der Waals surface area contributed by atoms with Gasteiger partial charge in [-0.2, -0.15) is 28.8 Å². The molecular weight excluding hydrogens is 427 g/mol. The SMILES string of the molecule is CC1=NN(c2c(Cl)cc(C)cc2S(=O)(=O)O)C(=O)C1N=Nc1ccccc1Cl. The molecule has 1 N–H and O–H groups in total. The minimum Gasteiger partial charge on any atom is -0.282 e. The Labute approximate surface area is 171 Å². The average molecular weight is 441 g/mol. The number of nitrogens with zero attached hydrogens (tertiary/aromatic N) is 4. The van der Waals surface area contributed by atoms with E-state index >= 15 is 0 Å². The van der Waals surface area contributed by atoms with E-state index in [1.165, 1.54) is 12.1 Å². The van der Waals surface area contributed by atoms with Gasteiger partial charge in [0.25, 0.3) is 16.0 Å². The van der Waals surface area contributed by atoms with Crippen LogP contribution in [0.3, 0.4) is 0 Å². The van der Waals surface area contributed by atoms with Gasteiger partial charge in [-0.1, -0.05) is 35.3 Å². The van der Waals surface area contributed by atoms with Crippen molar-refractivity contribution in [2.45, 2.75) is 24.8 Å². The Morgan fingerprint density at radius 2 is 1.82 bits per heavy atom. The summed E-state index contributed by atoms with van der Waals surface area (Å²) >= 11 is 12.2. The fourth-order valence-corrected chi connectivity index (χ4v) is 3.97. The van der Waals surface area contributed by atoms with Crippen LogP contribution in [-0.4, -0.2) is 30.6 Å². The van der Waals surface area contributed by atoms with Crippen LogP contribution in [0.25, 0.3) is 0 Å². The summed E-state index contributed by atoms with van der Waals surface area (Å²) in [5.41, 5.74) is 0.896. The van der Waals surface area contributed by atoms with Crippen molar-refractivity contribution in [2.75, 3.05) is 5.01 Å². The highest BCUT2D eigenvalue weighted by Crippen LogP contribution is 2.37. The predicted molar refractivity (Wildman–Crippen MR) is 106 cm³/mol. The summed E-state index contributed by atoms with van der Waals surface area (Å²) in [4.78, 5) is 12.3. The monoisotopic (exact) mass is 440 g/mol. The lowest BCUT2D eigenvalue weighted by Crippen LogP contribution is -2.30. The number of hydrazone groups is 1. The number of halogens is 2. The van der Waals surface area contributed by atoms with Crippen molar-refractivity contribution in [2.24, 2.45) is 15.3 Å². The van der Waals surface area contributed by atoms with Gasteiger partial charge in [-0.25, -0.2) is 0 Å². The van der Waals surface area contributed by atoms with Crippen molar-refractivity contribution in [3.8, 4) is 0 Å². The van der Waals surface area contributed by atoms with Gasteiger partial charge >= 0.3 is 0 Å². The van der Waals surface area contributed by atoms with Crippen LogP contribution in [0.4, 0.5) is 11.4 Å². The Hall–Kier alpha value is -2.33. The maximum Gasteiger partial charge on any atom is 0.296 e. The van der Waals surface area contributed by atoms with Gasteiger partial charge in [-0.05, 0) is 43.7 Å². The van der Waals surface area contributed by atoms with Crippen LogP contribution in [-0.2, 0) is 14.9 Å². The highest BCUT2D eigenvalue weighted by Gasteiger charge is 2.38. The topological polar surface area (TPSA) is 112 Å². The van der Waals surface area contributed by atoms with E-state index in [2.05, 4.69) is 15.3 Å². The van der Waals surface area contributed by atoms with Gasteiger partial charge in [-0.3, -0.25) is 9.35 Å². The zero-order chi connectivity index (χ0) is 20.6. The first-order valence-corrected chi connectivity index (χ1v) is 10.1. The first-order chi connectivity index (χ1) is 13.1. The Kier molecular flexibility index (Phi) is 5.53. The summed E-state index contributed by atoms with van der Waals surface area (Å²) in [6, 6.07) is 8.28. The molecule has 0 saturated carbocycles. The molecule has 2 aromatic carbocycles. The summed E-state index contributed by atoms with van der Waals surface area (Å²) < 4.78 is 33.1. The van der Waals surface area contributed by atoms with Crippen molar-refractivity contribution in [1.82, 2.24) is 0 Å². The molecule has 1 unspecified atom stereocenters. The normalized spacial score (nSPS) is 17.5. The number of carbonyl (C=O) groups excluding carboxylic acids is 1. The molecular formula is C17H14Cl2N4O4S. The highest BCUT2D eigenvalue weighted by molar-refractivity contribution is 7.86. The lowest BCUT2D eigenvalue weighted by molar-refractivity contribution is -0.117. The number of hydrogen-bond acceptors (Lipinski definition) is 6. The second-order valence-corrected chi connectivity index (χ2v) is 8.23. The number of amides is 1. The third kappa shape index (κ3) is 3.93. The van der Waals surface area contributed by atoms with E-state index in [4.69, 9.17) is 23.2 Å². The van der Waals surface area contributed by atoms with Crippen molar-refractivity contribution in [3.05, 3.63) is 52.0 Å². The Balaban J connectivity index is 2.02. The van der Waals surface area contributed by atoms with Crippen LogP contribution >= 0.6 is 23.2 Å². The van der Waals surface area contributed by atoms with Gasteiger partial charge in [0.05, 0.1) is 15.8 Å². The van der Waals surface area contributed by atoms with Crippen molar-refractivity contribution < 1.29 is 17.8 Å².